The lowest BCUT2D eigenvalue weighted by Crippen LogP contribution is -2.54. The lowest BCUT2D eigenvalue weighted by atomic mass is 9.73. The van der Waals surface area contributed by atoms with Crippen molar-refractivity contribution in [1.82, 2.24) is 15.5 Å². The zero-order chi connectivity index (χ0) is 62.1. The van der Waals surface area contributed by atoms with E-state index in [1.54, 1.807) is 60.7 Å². The Morgan fingerprint density at radius 2 is 1.30 bits per heavy atom. The smallest absolute Gasteiger partial charge is 0.338 e. The Bertz CT molecular complexity index is 3720. The van der Waals surface area contributed by atoms with Gasteiger partial charge in [0.1, 0.15) is 22.7 Å². The molecule has 4 aliphatic heterocycles. The summed E-state index contributed by atoms with van der Waals surface area (Å²) in [6, 6.07) is 24.1. The van der Waals surface area contributed by atoms with E-state index in [2.05, 4.69) is 26.0 Å². The molecule has 6 aromatic carbocycles. The standard InChI is InChI=1S/C32H31Cl2FN4O6.C18H16Cl2FN3O2.C9H7NO5/c1-45-30(41)18-8-9-19(25(12-18)39(43)44)14-36-29-26(16-40)38(15-17-4-2-5-17)32(27(29)21-6-3-7-23(34)28(21)35)22-11-10-20(33)13-24(22)37-31(32)42;19-8-4-5-10-12(6-8)23-17(26)18(10)14(16(22)13(7-25)24-18)9-2-1-3-11(20)15(9)21;1-15-9(12)6-2-3-7(5-11)8(4-6)10(13)14/h3,6-13,17,26-27,29,36,40H,2,4-5,14-16H2,1H3,(H,37,42);1-6,13-14,16,24-25H,7,22H2,(H,23,26);2-5H,1H3/t26-,27-,29+,32+;13-,14-,16+,18+;/m00./s1. The number of likely N-dealkylation sites (tertiary alicyclic amines) is 1. The van der Waals surface area contributed by atoms with Crippen LogP contribution in [0.1, 0.15) is 90.0 Å². The maximum Gasteiger partial charge on any atom is 0.338 e. The van der Waals surface area contributed by atoms with Gasteiger partial charge in [-0.15, -0.1) is 0 Å². The molecule has 27 heteroatoms. The van der Waals surface area contributed by atoms with E-state index in [4.69, 9.17) is 56.9 Å². The van der Waals surface area contributed by atoms with Crippen LogP contribution in [-0.4, -0.2) is 113 Å². The van der Waals surface area contributed by atoms with Crippen LogP contribution < -0.4 is 27.0 Å². The molecule has 3 fully saturated rings. The fourth-order valence-corrected chi connectivity index (χ4v) is 13.1. The molecule has 4 heterocycles. The van der Waals surface area contributed by atoms with Crippen molar-refractivity contribution in [3.8, 4) is 0 Å². The number of carbonyl (C=O) groups excluding carboxylic acids is 5. The maximum absolute atomic E-state index is 16.1. The van der Waals surface area contributed by atoms with Crippen LogP contribution in [0.15, 0.2) is 109 Å². The van der Waals surface area contributed by atoms with Crippen LogP contribution in [-0.2, 0) is 36.7 Å². The van der Waals surface area contributed by atoms with Crippen molar-refractivity contribution >= 4 is 99.2 Å². The predicted molar refractivity (Wildman–Crippen MR) is 314 cm³/mol. The number of hydrogen-bond acceptors (Lipinski definition) is 17. The zero-order valence-electron chi connectivity index (χ0n) is 45.5. The van der Waals surface area contributed by atoms with Gasteiger partial charge >= 0.3 is 11.9 Å². The molecule has 0 aromatic heterocycles. The number of methoxy groups -OCH3 is 2. The minimum absolute atomic E-state index is 0.0180. The second-order valence-electron chi connectivity index (χ2n) is 21.0. The van der Waals surface area contributed by atoms with E-state index < -0.39 is 86.2 Å². The molecule has 8 N–H and O–H groups in total. The van der Waals surface area contributed by atoms with E-state index in [9.17, 15) is 58.8 Å². The lowest BCUT2D eigenvalue weighted by Gasteiger charge is -2.42. The number of hydrogen-bond donors (Lipinski definition) is 7. The number of nitro benzene ring substituents is 2. The molecule has 1 aliphatic carbocycles. The second-order valence-corrected chi connectivity index (χ2v) is 22.6. The lowest BCUT2D eigenvalue weighted by molar-refractivity contribution is -0.385. The Morgan fingerprint density at radius 1 is 0.756 bits per heavy atom. The number of amides is 2. The molecule has 86 heavy (non-hydrogen) atoms. The summed E-state index contributed by atoms with van der Waals surface area (Å²) in [5.74, 6) is -4.91. The molecule has 0 unspecified atom stereocenters. The summed E-state index contributed by atoms with van der Waals surface area (Å²) in [7, 11) is 2.35. The molecule has 1 saturated carbocycles. The summed E-state index contributed by atoms with van der Waals surface area (Å²) in [6.07, 6.45) is 3.31. The van der Waals surface area contributed by atoms with E-state index in [1.807, 2.05) is 4.90 Å². The first-order chi connectivity index (χ1) is 41.1. The quantitative estimate of drug-likeness (QED) is 0.0232. The van der Waals surface area contributed by atoms with E-state index in [-0.39, 0.29) is 86.6 Å². The highest BCUT2D eigenvalue weighted by molar-refractivity contribution is 6.32. The number of aliphatic hydroxyl groups is 2. The second kappa shape index (κ2) is 25.8. The maximum atomic E-state index is 16.1. The van der Waals surface area contributed by atoms with Crippen LogP contribution in [0.5, 0.6) is 0 Å². The normalized spacial score (nSPS) is 23.4. The SMILES string of the molecule is COC(=O)c1ccc(C=O)c([N+](=O)[O-])c1.COC(=O)c1ccc(CN[C@@H]2[C@H](CO)N(CC3CCC3)[C@@]3(C(=O)Nc4cc(Cl)ccc43)[C@H]2c2cccc(Cl)c2F)c([N+](=O)[O-])c1.N[C@@H]1[C@H](CO)N[C@@]2(C(=O)Nc3cc(Cl)ccc32)[C@H]1c1cccc(Cl)c1F. The summed E-state index contributed by atoms with van der Waals surface area (Å²) >= 11 is 24.6. The highest BCUT2D eigenvalue weighted by Crippen LogP contribution is 2.59. The number of aldehydes is 1. The number of nitro groups is 2. The topological polar surface area (TPSA) is 308 Å². The van der Waals surface area contributed by atoms with Gasteiger partial charge in [0.05, 0.1) is 70.1 Å². The van der Waals surface area contributed by atoms with Gasteiger partial charge in [-0.2, -0.15) is 0 Å². The summed E-state index contributed by atoms with van der Waals surface area (Å²) in [4.78, 5) is 84.3. The number of anilines is 2. The van der Waals surface area contributed by atoms with E-state index in [0.29, 0.717) is 45.4 Å². The third-order valence-corrected chi connectivity index (χ3v) is 17.6. The minimum atomic E-state index is -1.47. The van der Waals surface area contributed by atoms with Gasteiger partial charge in [-0.05, 0) is 84.5 Å². The number of esters is 2. The van der Waals surface area contributed by atoms with Gasteiger partial charge in [0.15, 0.2) is 6.29 Å². The van der Waals surface area contributed by atoms with Crippen molar-refractivity contribution < 1.29 is 62.3 Å². The van der Waals surface area contributed by atoms with Gasteiger partial charge < -0.3 is 41.4 Å². The summed E-state index contributed by atoms with van der Waals surface area (Å²) < 4.78 is 40.0. The molecule has 2 spiro atoms. The van der Waals surface area contributed by atoms with Gasteiger partial charge in [0, 0.05) is 93.3 Å². The summed E-state index contributed by atoms with van der Waals surface area (Å²) in [6.45, 7) is -0.298. The van der Waals surface area contributed by atoms with Crippen molar-refractivity contribution in [3.63, 3.8) is 0 Å². The number of halogens is 6. The molecular weight excluding hydrogens is 1210 g/mol. The molecule has 5 aliphatic rings. The number of ether oxygens (including phenoxy) is 2. The highest BCUT2D eigenvalue weighted by Gasteiger charge is 2.67. The number of carbonyl (C=O) groups is 5. The predicted octanol–water partition coefficient (Wildman–Crippen LogP) is 8.94. The Balaban J connectivity index is 0.000000180. The van der Waals surface area contributed by atoms with Crippen molar-refractivity contribution in [2.45, 2.75) is 72.9 Å². The molecular formula is C59H54Cl4F2N8O13. The number of fused-ring (bicyclic) bond motifs is 4. The van der Waals surface area contributed by atoms with E-state index in [1.165, 1.54) is 50.6 Å². The van der Waals surface area contributed by atoms with Crippen LogP contribution in [0.4, 0.5) is 31.5 Å². The fraction of sp³-hybridized carbons (Fsp3) is 0.305. The molecule has 0 radical (unpaired) electrons. The summed E-state index contributed by atoms with van der Waals surface area (Å²) in [5.41, 5.74) is 5.71. The highest BCUT2D eigenvalue weighted by atomic mass is 35.5. The van der Waals surface area contributed by atoms with Crippen LogP contribution in [0.2, 0.25) is 20.1 Å². The molecule has 11 rings (SSSR count). The van der Waals surface area contributed by atoms with Crippen molar-refractivity contribution in [1.29, 1.82) is 0 Å². The van der Waals surface area contributed by atoms with Crippen LogP contribution in [0.25, 0.3) is 0 Å². The number of nitrogens with two attached hydrogens (primary N) is 1. The van der Waals surface area contributed by atoms with Crippen LogP contribution in [0.3, 0.4) is 0 Å². The Labute approximate surface area is 509 Å². The number of aliphatic hydroxyl groups excluding tert-OH is 2. The molecule has 450 valence electrons. The number of rotatable bonds is 14. The number of nitrogens with zero attached hydrogens (tertiary/aromatic N) is 3. The molecule has 2 amide bonds. The first-order valence-electron chi connectivity index (χ1n) is 26.6. The first kappa shape index (κ1) is 63.0. The average Bonchev–Trinajstić information content (AvgIpc) is 1.55. The molecule has 6 aromatic rings. The van der Waals surface area contributed by atoms with E-state index in [0.717, 1.165) is 31.4 Å². The largest absolute Gasteiger partial charge is 0.465 e. The van der Waals surface area contributed by atoms with Gasteiger partial charge in [0.2, 0.25) is 11.8 Å². The zero-order valence-corrected chi connectivity index (χ0v) is 48.6. The fourth-order valence-electron chi connectivity index (χ4n) is 12.4. The first-order valence-corrected chi connectivity index (χ1v) is 28.2. The van der Waals surface area contributed by atoms with Gasteiger partial charge in [-0.25, -0.2) is 18.4 Å². The van der Waals surface area contributed by atoms with Gasteiger partial charge in [-0.3, -0.25) is 44.8 Å². The Kier molecular flexibility index (Phi) is 18.9. The number of benzene rings is 6. The minimum Gasteiger partial charge on any atom is -0.465 e. The number of nitrogens with one attached hydrogen (secondary N) is 4. The monoisotopic (exact) mass is 1260 g/mol. The van der Waals surface area contributed by atoms with Crippen LogP contribution >= 0.6 is 46.4 Å². The van der Waals surface area contributed by atoms with Crippen molar-refractivity contribution in [2.75, 3.05) is 44.6 Å². The van der Waals surface area contributed by atoms with Crippen molar-refractivity contribution in [3.05, 3.63) is 206 Å². The average molecular weight is 1260 g/mol. The van der Waals surface area contributed by atoms with Gasteiger partial charge in [0.25, 0.3) is 11.4 Å². The molecule has 2 saturated heterocycles. The summed E-state index contributed by atoms with van der Waals surface area (Å²) in [5, 5.41) is 56.3. The molecule has 8 atom stereocenters. The van der Waals surface area contributed by atoms with Crippen LogP contribution in [0, 0.1) is 37.8 Å². The third-order valence-electron chi connectivity index (χ3n) is 16.5. The van der Waals surface area contributed by atoms with E-state index >= 15 is 4.39 Å². The van der Waals surface area contributed by atoms with Gasteiger partial charge in [-0.1, -0.05) is 95.3 Å². The Morgan fingerprint density at radius 3 is 1.84 bits per heavy atom. The third kappa shape index (κ3) is 11.3. The van der Waals surface area contributed by atoms with Crippen molar-refractivity contribution in [2.24, 2.45) is 11.7 Å². The Hall–Kier alpha value is -7.55. The molecule has 21 nitrogen and oxygen atoms in total. The molecule has 0 bridgehead atoms.